The minimum atomic E-state index is -0.568. The maximum absolute atomic E-state index is 12.0. The quantitative estimate of drug-likeness (QED) is 0.898. The van der Waals surface area contributed by atoms with Crippen molar-refractivity contribution in [3.05, 3.63) is 24.3 Å². The highest BCUT2D eigenvalue weighted by Crippen LogP contribution is 2.27. The lowest BCUT2D eigenvalue weighted by atomic mass is 10.1. The normalized spacial score (nSPS) is 18.5. The third-order valence-electron chi connectivity index (χ3n) is 3.27. The number of ether oxygens (including phenoxy) is 1. The summed E-state index contributed by atoms with van der Waals surface area (Å²) in [5, 5.41) is 11.8. The van der Waals surface area contributed by atoms with Gasteiger partial charge in [0, 0.05) is 36.9 Å². The van der Waals surface area contributed by atoms with Crippen LogP contribution in [-0.4, -0.2) is 35.9 Å². The fourth-order valence-corrected chi connectivity index (χ4v) is 2.33. The summed E-state index contributed by atoms with van der Waals surface area (Å²) >= 11 is 0. The number of hydrogen-bond donors (Lipinski definition) is 2. The van der Waals surface area contributed by atoms with E-state index in [1.807, 2.05) is 0 Å². The van der Waals surface area contributed by atoms with Crippen molar-refractivity contribution in [1.29, 1.82) is 0 Å². The minimum absolute atomic E-state index is 0.00190. The number of anilines is 2. The minimum Gasteiger partial charge on any atom is -0.444 e. The zero-order valence-electron chi connectivity index (χ0n) is 13.1. The summed E-state index contributed by atoms with van der Waals surface area (Å²) in [5.74, 6) is -0.0524. The van der Waals surface area contributed by atoms with E-state index in [0.717, 1.165) is 0 Å². The summed E-state index contributed by atoms with van der Waals surface area (Å²) in [4.78, 5) is 25.4. The zero-order chi connectivity index (χ0) is 16.3. The Hall–Kier alpha value is -2.08. The van der Waals surface area contributed by atoms with Crippen LogP contribution in [0, 0.1) is 5.92 Å². The smallest absolute Gasteiger partial charge is 0.412 e. The second kappa shape index (κ2) is 6.36. The van der Waals surface area contributed by atoms with Crippen molar-refractivity contribution in [2.24, 2.45) is 5.92 Å². The molecule has 22 heavy (non-hydrogen) atoms. The van der Waals surface area contributed by atoms with Crippen molar-refractivity contribution in [3.8, 4) is 0 Å². The second-order valence-electron chi connectivity index (χ2n) is 6.43. The lowest BCUT2D eigenvalue weighted by Gasteiger charge is -2.20. The Morgan fingerprint density at radius 1 is 1.45 bits per heavy atom. The molecule has 1 atom stereocenters. The highest BCUT2D eigenvalue weighted by Gasteiger charge is 2.30. The molecule has 1 heterocycles. The first-order valence-corrected chi connectivity index (χ1v) is 7.30. The fraction of sp³-hybridized carbons (Fsp3) is 0.500. The van der Waals surface area contributed by atoms with Crippen molar-refractivity contribution in [1.82, 2.24) is 0 Å². The molecule has 6 heteroatoms. The molecule has 0 aromatic heterocycles. The van der Waals surface area contributed by atoms with Crippen molar-refractivity contribution in [3.63, 3.8) is 0 Å². The number of hydrogen-bond acceptors (Lipinski definition) is 4. The van der Waals surface area contributed by atoms with Crippen LogP contribution in [0.25, 0.3) is 0 Å². The first kappa shape index (κ1) is 16.3. The molecular weight excluding hydrogens is 284 g/mol. The number of carbonyl (C=O) groups is 2. The predicted octanol–water partition coefficient (Wildman–Crippen LogP) is 2.38. The van der Waals surface area contributed by atoms with Crippen LogP contribution in [0.1, 0.15) is 27.2 Å². The lowest BCUT2D eigenvalue weighted by molar-refractivity contribution is -0.117. The maximum Gasteiger partial charge on any atom is 0.412 e. The Bertz CT molecular complexity index is 566. The van der Waals surface area contributed by atoms with Crippen molar-refractivity contribution < 1.29 is 19.4 Å². The number of benzene rings is 1. The van der Waals surface area contributed by atoms with E-state index in [9.17, 15) is 14.7 Å². The molecule has 1 aromatic carbocycles. The topological polar surface area (TPSA) is 78.9 Å². The molecule has 6 nitrogen and oxygen atoms in total. The second-order valence-corrected chi connectivity index (χ2v) is 6.43. The molecule has 2 N–H and O–H groups in total. The van der Waals surface area contributed by atoms with Gasteiger partial charge in [-0.2, -0.15) is 0 Å². The fourth-order valence-electron chi connectivity index (χ4n) is 2.33. The van der Waals surface area contributed by atoms with Crippen LogP contribution >= 0.6 is 0 Å². The van der Waals surface area contributed by atoms with E-state index in [0.29, 0.717) is 24.3 Å². The van der Waals surface area contributed by atoms with Gasteiger partial charge in [0.15, 0.2) is 0 Å². The van der Waals surface area contributed by atoms with Gasteiger partial charge >= 0.3 is 6.09 Å². The van der Waals surface area contributed by atoms with Gasteiger partial charge < -0.3 is 14.7 Å². The van der Waals surface area contributed by atoms with Gasteiger partial charge in [0.2, 0.25) is 5.91 Å². The molecule has 0 radical (unpaired) electrons. The van der Waals surface area contributed by atoms with E-state index in [1.165, 1.54) is 0 Å². The number of rotatable bonds is 3. The van der Waals surface area contributed by atoms with Crippen molar-refractivity contribution in [2.45, 2.75) is 32.8 Å². The summed E-state index contributed by atoms with van der Waals surface area (Å²) in [6.07, 6.45) is -0.189. The van der Waals surface area contributed by atoms with Crippen LogP contribution < -0.4 is 10.2 Å². The Labute approximate surface area is 130 Å². The summed E-state index contributed by atoms with van der Waals surface area (Å²) in [5.41, 5.74) is 0.697. The average molecular weight is 306 g/mol. The summed E-state index contributed by atoms with van der Waals surface area (Å²) in [6.45, 7) is 5.87. The first-order valence-electron chi connectivity index (χ1n) is 7.30. The van der Waals surface area contributed by atoms with Crippen LogP contribution in [0.15, 0.2) is 24.3 Å². The number of aliphatic hydroxyl groups excluding tert-OH is 1. The molecule has 1 aromatic rings. The van der Waals surface area contributed by atoms with Gasteiger partial charge in [-0.05, 0) is 39.0 Å². The third-order valence-corrected chi connectivity index (χ3v) is 3.27. The van der Waals surface area contributed by atoms with E-state index in [-0.39, 0.29) is 18.4 Å². The molecule has 1 saturated heterocycles. The molecule has 1 unspecified atom stereocenters. The highest BCUT2D eigenvalue weighted by molar-refractivity contribution is 5.96. The number of carbonyl (C=O) groups excluding carboxylic acids is 2. The molecule has 2 rings (SSSR count). The lowest BCUT2D eigenvalue weighted by Crippen LogP contribution is -2.27. The Morgan fingerprint density at radius 2 is 2.18 bits per heavy atom. The zero-order valence-corrected chi connectivity index (χ0v) is 13.1. The Kier molecular flexibility index (Phi) is 4.71. The van der Waals surface area contributed by atoms with E-state index < -0.39 is 11.7 Å². The Balaban J connectivity index is 2.07. The number of nitrogens with zero attached hydrogens (tertiary/aromatic N) is 1. The standard InChI is InChI=1S/C16H22N2O4/c1-16(2,3)22-15(21)17-12-5-4-6-13(8-12)18-9-11(10-19)7-14(18)20/h4-6,8,11,19H,7,9-10H2,1-3H3,(H,17,21). The highest BCUT2D eigenvalue weighted by atomic mass is 16.6. The SMILES string of the molecule is CC(C)(C)OC(=O)Nc1cccc(N2CC(CO)CC2=O)c1. The van der Waals surface area contributed by atoms with Crippen molar-refractivity contribution in [2.75, 3.05) is 23.4 Å². The Morgan fingerprint density at radius 3 is 2.77 bits per heavy atom. The number of aliphatic hydroxyl groups is 1. The van der Waals surface area contributed by atoms with Gasteiger partial charge in [-0.3, -0.25) is 10.1 Å². The molecule has 1 fully saturated rings. The van der Waals surface area contributed by atoms with Crippen LogP contribution in [0.2, 0.25) is 0 Å². The molecule has 1 aliphatic rings. The molecular formula is C16H22N2O4. The number of amides is 2. The van der Waals surface area contributed by atoms with Crippen LogP contribution in [0.4, 0.5) is 16.2 Å². The average Bonchev–Trinajstić information content (AvgIpc) is 2.78. The monoisotopic (exact) mass is 306 g/mol. The summed E-state index contributed by atoms with van der Waals surface area (Å²) in [7, 11) is 0. The van der Waals surface area contributed by atoms with Crippen LogP contribution in [0.5, 0.6) is 0 Å². The van der Waals surface area contributed by atoms with Gasteiger partial charge in [0.05, 0.1) is 0 Å². The van der Waals surface area contributed by atoms with Gasteiger partial charge in [0.1, 0.15) is 5.60 Å². The van der Waals surface area contributed by atoms with Gasteiger partial charge in [-0.25, -0.2) is 4.79 Å². The predicted molar refractivity (Wildman–Crippen MR) is 83.8 cm³/mol. The summed E-state index contributed by atoms with van der Waals surface area (Å²) < 4.78 is 5.20. The molecule has 120 valence electrons. The van der Waals surface area contributed by atoms with Crippen molar-refractivity contribution >= 4 is 23.4 Å². The third kappa shape index (κ3) is 4.21. The van der Waals surface area contributed by atoms with E-state index >= 15 is 0 Å². The molecule has 2 amide bonds. The molecule has 1 aliphatic heterocycles. The van der Waals surface area contributed by atoms with E-state index in [1.54, 1.807) is 49.9 Å². The molecule has 0 bridgehead atoms. The van der Waals surface area contributed by atoms with Gasteiger partial charge in [0.25, 0.3) is 0 Å². The van der Waals surface area contributed by atoms with E-state index in [2.05, 4.69) is 5.32 Å². The molecule has 0 aliphatic carbocycles. The maximum atomic E-state index is 12.0. The van der Waals surface area contributed by atoms with Crippen LogP contribution in [-0.2, 0) is 9.53 Å². The van der Waals surface area contributed by atoms with Gasteiger partial charge in [-0.15, -0.1) is 0 Å². The van der Waals surface area contributed by atoms with E-state index in [4.69, 9.17) is 4.74 Å². The first-order chi connectivity index (χ1) is 10.3. The molecule has 0 spiro atoms. The summed E-state index contributed by atoms with van der Waals surface area (Å²) in [6, 6.07) is 7.03. The van der Waals surface area contributed by atoms with Crippen LogP contribution in [0.3, 0.4) is 0 Å². The molecule has 0 saturated carbocycles. The van der Waals surface area contributed by atoms with Gasteiger partial charge in [-0.1, -0.05) is 6.07 Å². The number of nitrogens with one attached hydrogen (secondary N) is 1. The largest absolute Gasteiger partial charge is 0.444 e.